The molecule has 0 saturated heterocycles. The van der Waals surface area contributed by atoms with E-state index in [1.165, 1.54) is 11.1 Å². The van der Waals surface area contributed by atoms with E-state index in [1.807, 2.05) is 48.6 Å². The number of hydrogen-bond donors (Lipinski definition) is 2. The molecule has 0 aliphatic carbocycles. The van der Waals surface area contributed by atoms with Crippen molar-refractivity contribution >= 4 is 29.7 Å². The number of carboxylic acids is 1. The van der Waals surface area contributed by atoms with Gasteiger partial charge in [-0.25, -0.2) is 0 Å². The number of unbranched alkanes of at least 4 members (excludes halogenated alkanes) is 1. The number of carboxylic acid groups (broad SMARTS) is 1. The Kier molecular flexibility index (Phi) is 13.0. The van der Waals surface area contributed by atoms with Crippen LogP contribution < -0.4 is 5.32 Å². The number of aryl methyl sites for hydroxylation is 1. The van der Waals surface area contributed by atoms with Gasteiger partial charge in [-0.2, -0.15) is 0 Å². The maximum atomic E-state index is 12.6. The zero-order valence-electron chi connectivity index (χ0n) is 25.6. The average molecular weight is 571 g/mol. The molecule has 3 rings (SSSR count). The van der Waals surface area contributed by atoms with Crippen molar-refractivity contribution in [3.63, 3.8) is 0 Å². The number of nitrogens with one attached hydrogen (secondary N) is 1. The Bertz CT molecular complexity index is 1310. The van der Waals surface area contributed by atoms with Gasteiger partial charge in [-0.05, 0) is 91.5 Å². The monoisotopic (exact) mass is 570 g/mol. The van der Waals surface area contributed by atoms with Crippen LogP contribution in [0.1, 0.15) is 87.9 Å². The van der Waals surface area contributed by atoms with Crippen LogP contribution in [0.25, 0.3) is 12.2 Å². The van der Waals surface area contributed by atoms with Crippen LogP contribution in [-0.2, 0) is 33.8 Å². The molecule has 1 aromatic heterocycles. The van der Waals surface area contributed by atoms with Gasteiger partial charge in [0.2, 0.25) is 5.91 Å². The number of ether oxygens (including phenoxy) is 1. The molecule has 0 spiro atoms. The zero-order chi connectivity index (χ0) is 30.4. The van der Waals surface area contributed by atoms with Gasteiger partial charge in [-0.1, -0.05) is 76.2 Å². The number of carbonyl (C=O) groups is 2. The minimum Gasteiger partial charge on any atom is -0.481 e. The molecule has 0 radical (unpaired) electrons. The second kappa shape index (κ2) is 16.6. The second-order valence-electron chi connectivity index (χ2n) is 11.5. The van der Waals surface area contributed by atoms with Gasteiger partial charge in [-0.15, -0.1) is 0 Å². The number of carbonyl (C=O) groups excluding carboxylic acids is 1. The summed E-state index contributed by atoms with van der Waals surface area (Å²) in [5, 5.41) is 12.5. The maximum Gasteiger partial charge on any atom is 0.310 e. The topological polar surface area (TPSA) is 88.5 Å². The minimum atomic E-state index is -1.04. The number of rotatable bonds is 17. The SMILES string of the molecule is CCC(CC)(CC(=O)Nc1cccc(C=Cc2cccc(COCCCCc3ccc(CC(C)C)cc3)n2)c1)C(=O)O. The van der Waals surface area contributed by atoms with E-state index in [0.717, 1.165) is 42.6 Å². The van der Waals surface area contributed by atoms with Gasteiger partial charge in [0.25, 0.3) is 0 Å². The summed E-state index contributed by atoms with van der Waals surface area (Å²) in [7, 11) is 0. The Morgan fingerprint density at radius 3 is 2.36 bits per heavy atom. The van der Waals surface area contributed by atoms with Crippen molar-refractivity contribution < 1.29 is 19.4 Å². The molecule has 224 valence electrons. The highest BCUT2D eigenvalue weighted by Gasteiger charge is 2.37. The molecule has 2 aromatic carbocycles. The van der Waals surface area contributed by atoms with Crippen molar-refractivity contribution in [2.24, 2.45) is 11.3 Å². The van der Waals surface area contributed by atoms with Crippen molar-refractivity contribution in [3.05, 3.63) is 94.8 Å². The first kappa shape index (κ1) is 32.7. The van der Waals surface area contributed by atoms with Gasteiger partial charge in [0.05, 0.1) is 23.4 Å². The summed E-state index contributed by atoms with van der Waals surface area (Å²) in [6.45, 7) is 9.29. The summed E-state index contributed by atoms with van der Waals surface area (Å²) in [5.41, 5.74) is 4.99. The highest BCUT2D eigenvalue weighted by atomic mass is 16.5. The summed E-state index contributed by atoms with van der Waals surface area (Å²) < 4.78 is 5.89. The van der Waals surface area contributed by atoms with E-state index >= 15 is 0 Å². The average Bonchev–Trinajstić information content (AvgIpc) is 2.97. The van der Waals surface area contributed by atoms with E-state index in [1.54, 1.807) is 19.9 Å². The van der Waals surface area contributed by atoms with Crippen LogP contribution in [0.3, 0.4) is 0 Å². The van der Waals surface area contributed by atoms with Crippen LogP contribution in [0, 0.1) is 11.3 Å². The van der Waals surface area contributed by atoms with E-state index < -0.39 is 11.4 Å². The molecule has 6 nitrogen and oxygen atoms in total. The fourth-order valence-electron chi connectivity index (χ4n) is 4.99. The molecule has 0 aliphatic rings. The van der Waals surface area contributed by atoms with E-state index in [9.17, 15) is 14.7 Å². The lowest BCUT2D eigenvalue weighted by Crippen LogP contribution is -2.34. The predicted octanol–water partition coefficient (Wildman–Crippen LogP) is 8.21. The quantitative estimate of drug-likeness (QED) is 0.160. The molecule has 0 fully saturated rings. The molecular formula is C36H46N2O4. The number of pyridine rings is 1. The molecule has 0 atom stereocenters. The largest absolute Gasteiger partial charge is 0.481 e. The number of amides is 1. The van der Waals surface area contributed by atoms with E-state index in [2.05, 4.69) is 43.4 Å². The molecule has 3 aromatic rings. The van der Waals surface area contributed by atoms with E-state index in [0.29, 0.717) is 37.7 Å². The Morgan fingerprint density at radius 1 is 0.952 bits per heavy atom. The van der Waals surface area contributed by atoms with E-state index in [-0.39, 0.29) is 12.3 Å². The third kappa shape index (κ3) is 10.6. The van der Waals surface area contributed by atoms with Gasteiger partial charge in [0, 0.05) is 18.7 Å². The molecule has 0 unspecified atom stereocenters. The third-order valence-electron chi connectivity index (χ3n) is 7.67. The van der Waals surface area contributed by atoms with Crippen LogP contribution in [0.15, 0.2) is 66.7 Å². The van der Waals surface area contributed by atoms with Gasteiger partial charge < -0.3 is 15.2 Å². The fraction of sp³-hybridized carbons (Fsp3) is 0.417. The molecule has 2 N–H and O–H groups in total. The number of anilines is 1. The first-order chi connectivity index (χ1) is 20.2. The molecule has 0 aliphatic heterocycles. The summed E-state index contributed by atoms with van der Waals surface area (Å²) in [6, 6.07) is 22.4. The third-order valence-corrected chi connectivity index (χ3v) is 7.67. The standard InChI is InChI=1S/C36H46N2O4/c1-5-36(6-2,35(40)41)25-34(39)38-32-14-9-12-29(24-32)20-21-31-13-10-15-33(37-31)26-42-22-8-7-11-28-16-18-30(19-17-28)23-27(3)4/h9-10,12-21,24,27H,5-8,11,22-23,25-26H2,1-4H3,(H,38,39)(H,40,41). The number of hydrogen-bond acceptors (Lipinski definition) is 4. The number of nitrogens with zero attached hydrogens (tertiary/aromatic N) is 1. The summed E-state index contributed by atoms with van der Waals surface area (Å²) in [6.07, 6.45) is 8.92. The fourth-order valence-corrected chi connectivity index (χ4v) is 4.99. The van der Waals surface area contributed by atoms with Crippen LogP contribution >= 0.6 is 0 Å². The lowest BCUT2D eigenvalue weighted by atomic mass is 9.79. The molecule has 0 saturated carbocycles. The summed E-state index contributed by atoms with van der Waals surface area (Å²) >= 11 is 0. The van der Waals surface area contributed by atoms with Crippen molar-refractivity contribution in [2.45, 2.75) is 79.2 Å². The number of aromatic nitrogens is 1. The number of aliphatic carboxylic acids is 1. The number of benzene rings is 2. The maximum absolute atomic E-state index is 12.6. The van der Waals surface area contributed by atoms with Crippen molar-refractivity contribution in [1.82, 2.24) is 4.98 Å². The minimum absolute atomic E-state index is 0.0550. The smallest absolute Gasteiger partial charge is 0.310 e. The van der Waals surface area contributed by atoms with Crippen LogP contribution in [0.5, 0.6) is 0 Å². The Morgan fingerprint density at radius 2 is 1.67 bits per heavy atom. The van der Waals surface area contributed by atoms with Crippen molar-refractivity contribution in [2.75, 3.05) is 11.9 Å². The Hall–Kier alpha value is -3.77. The summed E-state index contributed by atoms with van der Waals surface area (Å²) in [4.78, 5) is 29.1. The van der Waals surface area contributed by atoms with E-state index in [4.69, 9.17) is 9.72 Å². The van der Waals surface area contributed by atoms with Gasteiger partial charge in [0.1, 0.15) is 0 Å². The molecule has 1 heterocycles. The van der Waals surface area contributed by atoms with Crippen molar-refractivity contribution in [1.29, 1.82) is 0 Å². The van der Waals surface area contributed by atoms with Crippen LogP contribution in [0.2, 0.25) is 0 Å². The first-order valence-electron chi connectivity index (χ1n) is 15.2. The van der Waals surface area contributed by atoms with Gasteiger partial charge in [-0.3, -0.25) is 14.6 Å². The highest BCUT2D eigenvalue weighted by molar-refractivity contribution is 5.94. The highest BCUT2D eigenvalue weighted by Crippen LogP contribution is 2.31. The molecule has 1 amide bonds. The van der Waals surface area contributed by atoms with Crippen LogP contribution in [0.4, 0.5) is 5.69 Å². The van der Waals surface area contributed by atoms with Gasteiger partial charge >= 0.3 is 5.97 Å². The zero-order valence-corrected chi connectivity index (χ0v) is 25.6. The first-order valence-corrected chi connectivity index (χ1v) is 15.2. The lowest BCUT2D eigenvalue weighted by molar-refractivity contribution is -0.151. The molecular weight excluding hydrogens is 524 g/mol. The summed E-state index contributed by atoms with van der Waals surface area (Å²) in [5.74, 6) is -0.552. The Balaban J connectivity index is 1.44. The normalized spacial score (nSPS) is 11.7. The van der Waals surface area contributed by atoms with Crippen molar-refractivity contribution in [3.8, 4) is 0 Å². The second-order valence-corrected chi connectivity index (χ2v) is 11.5. The lowest BCUT2D eigenvalue weighted by Gasteiger charge is -2.25. The molecule has 6 heteroatoms. The molecule has 0 bridgehead atoms. The Labute approximate surface area is 251 Å². The molecule has 42 heavy (non-hydrogen) atoms. The van der Waals surface area contributed by atoms with Gasteiger partial charge in [0.15, 0.2) is 0 Å². The van der Waals surface area contributed by atoms with Crippen LogP contribution in [-0.4, -0.2) is 28.6 Å². The predicted molar refractivity (Wildman–Crippen MR) is 171 cm³/mol.